The van der Waals surface area contributed by atoms with Crippen LogP contribution in [-0.4, -0.2) is 56.4 Å². The van der Waals surface area contributed by atoms with Gasteiger partial charge < -0.3 is 29.0 Å². The van der Waals surface area contributed by atoms with Crippen LogP contribution in [0.3, 0.4) is 0 Å². The molecule has 0 spiro atoms. The first-order chi connectivity index (χ1) is 18.6. The first-order valence-electron chi connectivity index (χ1n) is 11.7. The fourth-order valence-electron chi connectivity index (χ4n) is 3.88. The number of hydrogen-bond donors (Lipinski definition) is 1. The maximum Gasteiger partial charge on any atom is 0.265 e. The predicted molar refractivity (Wildman–Crippen MR) is 148 cm³/mol. The normalized spacial score (nSPS) is 11.8. The predicted octanol–water partition coefficient (Wildman–Crippen LogP) is 4.46. The van der Waals surface area contributed by atoms with Gasteiger partial charge in [-0.05, 0) is 55.0 Å². The molecule has 0 aliphatic heterocycles. The topological polar surface area (TPSA) is 113 Å². The van der Waals surface area contributed by atoms with Crippen molar-refractivity contribution in [1.29, 1.82) is 0 Å². The summed E-state index contributed by atoms with van der Waals surface area (Å²) in [4.78, 5) is 13.2. The molecule has 0 saturated heterocycles. The molecular formula is C27H31ClN2O8S. The van der Waals surface area contributed by atoms with E-state index >= 15 is 0 Å². The zero-order valence-corrected chi connectivity index (χ0v) is 24.1. The van der Waals surface area contributed by atoms with Gasteiger partial charge in [0.15, 0.2) is 23.0 Å². The molecule has 0 aliphatic rings. The highest BCUT2D eigenvalue weighted by molar-refractivity contribution is 7.92. The number of nitrogens with zero attached hydrogens (tertiary/aromatic N) is 1. The Morgan fingerprint density at radius 2 is 1.33 bits per heavy atom. The molecule has 3 aromatic carbocycles. The van der Waals surface area contributed by atoms with Gasteiger partial charge in [0.1, 0.15) is 12.3 Å². The number of hydrogen-bond acceptors (Lipinski definition) is 8. The number of carbonyl (C=O) groups excluding carboxylic acids is 1. The number of anilines is 1. The molecule has 10 nitrogen and oxygen atoms in total. The summed E-state index contributed by atoms with van der Waals surface area (Å²) in [5, 5.41) is 3.10. The Morgan fingerprint density at radius 3 is 1.92 bits per heavy atom. The number of carbonyl (C=O) groups is 1. The van der Waals surface area contributed by atoms with Crippen LogP contribution in [0.5, 0.6) is 28.7 Å². The van der Waals surface area contributed by atoms with Crippen molar-refractivity contribution in [3.63, 3.8) is 0 Å². The number of rotatable bonds is 12. The number of halogens is 1. The highest BCUT2D eigenvalue weighted by atomic mass is 35.5. The van der Waals surface area contributed by atoms with Crippen LogP contribution in [0.4, 0.5) is 5.69 Å². The summed E-state index contributed by atoms with van der Waals surface area (Å²) in [6, 6.07) is 13.4. The van der Waals surface area contributed by atoms with Crippen LogP contribution in [0.15, 0.2) is 59.5 Å². The lowest BCUT2D eigenvalue weighted by molar-refractivity contribution is -0.120. The molecule has 3 rings (SSSR count). The number of ether oxygens (including phenoxy) is 5. The molecule has 0 bridgehead atoms. The minimum Gasteiger partial charge on any atom is -0.495 e. The molecule has 0 heterocycles. The number of nitrogens with one attached hydrogen (secondary N) is 1. The van der Waals surface area contributed by atoms with E-state index in [-0.39, 0.29) is 27.1 Å². The summed E-state index contributed by atoms with van der Waals surface area (Å²) in [6.45, 7) is 1.21. The summed E-state index contributed by atoms with van der Waals surface area (Å²) in [5.74, 6) is 1.25. The molecule has 1 N–H and O–H groups in total. The summed E-state index contributed by atoms with van der Waals surface area (Å²) < 4.78 is 55.4. The third-order valence-corrected chi connectivity index (χ3v) is 7.92. The SMILES string of the molecule is COc1ccc([C@@H](C)NC(=O)CN(c2cc(Cl)ccc2OC)S(=O)(=O)c2ccc(OC)c(OC)c2)cc1OC. The maximum absolute atomic E-state index is 13.9. The summed E-state index contributed by atoms with van der Waals surface area (Å²) in [7, 11) is 2.96. The van der Waals surface area contributed by atoms with E-state index in [4.69, 9.17) is 35.3 Å². The molecular weight excluding hydrogens is 548 g/mol. The van der Waals surface area contributed by atoms with E-state index in [1.165, 1.54) is 65.9 Å². The monoisotopic (exact) mass is 578 g/mol. The van der Waals surface area contributed by atoms with Gasteiger partial charge >= 0.3 is 0 Å². The van der Waals surface area contributed by atoms with Crippen LogP contribution in [-0.2, 0) is 14.8 Å². The smallest absolute Gasteiger partial charge is 0.265 e. The van der Waals surface area contributed by atoms with Crippen LogP contribution in [0.25, 0.3) is 0 Å². The van der Waals surface area contributed by atoms with E-state index in [1.54, 1.807) is 31.2 Å². The first-order valence-corrected chi connectivity index (χ1v) is 13.5. The fourth-order valence-corrected chi connectivity index (χ4v) is 5.49. The van der Waals surface area contributed by atoms with Gasteiger partial charge in [0, 0.05) is 11.1 Å². The maximum atomic E-state index is 13.9. The summed E-state index contributed by atoms with van der Waals surface area (Å²) in [5.41, 5.74) is 0.823. The van der Waals surface area contributed by atoms with Crippen molar-refractivity contribution in [2.45, 2.75) is 17.9 Å². The third-order valence-electron chi connectivity index (χ3n) is 5.92. The van der Waals surface area contributed by atoms with Gasteiger partial charge in [-0.2, -0.15) is 0 Å². The summed E-state index contributed by atoms with van der Waals surface area (Å²) in [6.07, 6.45) is 0. The van der Waals surface area contributed by atoms with E-state index in [1.807, 2.05) is 0 Å². The molecule has 0 fully saturated rings. The lowest BCUT2D eigenvalue weighted by Crippen LogP contribution is -2.41. The largest absolute Gasteiger partial charge is 0.495 e. The number of methoxy groups -OCH3 is 5. The fraction of sp³-hybridized carbons (Fsp3) is 0.296. The third kappa shape index (κ3) is 6.61. The van der Waals surface area contributed by atoms with E-state index in [0.717, 1.165) is 9.87 Å². The first kappa shape index (κ1) is 29.7. The van der Waals surface area contributed by atoms with Gasteiger partial charge in [0.2, 0.25) is 5.91 Å². The number of benzene rings is 3. The molecule has 0 unspecified atom stereocenters. The van der Waals surface area contributed by atoms with Gasteiger partial charge in [-0.3, -0.25) is 9.10 Å². The average molecular weight is 579 g/mol. The Morgan fingerprint density at radius 1 is 0.795 bits per heavy atom. The van der Waals surface area contributed by atoms with Crippen molar-refractivity contribution in [1.82, 2.24) is 5.32 Å². The van der Waals surface area contributed by atoms with E-state index in [2.05, 4.69) is 5.32 Å². The van der Waals surface area contributed by atoms with Crippen molar-refractivity contribution < 1.29 is 36.9 Å². The molecule has 0 aliphatic carbocycles. The van der Waals surface area contributed by atoms with Crippen molar-refractivity contribution in [3.05, 3.63) is 65.2 Å². The van der Waals surface area contributed by atoms with Crippen molar-refractivity contribution in [3.8, 4) is 28.7 Å². The molecule has 3 aromatic rings. The minimum absolute atomic E-state index is 0.0914. The van der Waals surface area contributed by atoms with Gasteiger partial charge in [-0.1, -0.05) is 17.7 Å². The van der Waals surface area contributed by atoms with Crippen molar-refractivity contribution >= 4 is 33.2 Å². The van der Waals surface area contributed by atoms with Crippen molar-refractivity contribution in [2.75, 3.05) is 46.4 Å². The zero-order chi connectivity index (χ0) is 28.7. The molecule has 39 heavy (non-hydrogen) atoms. The Labute approximate surface area is 233 Å². The lowest BCUT2D eigenvalue weighted by atomic mass is 10.1. The molecule has 12 heteroatoms. The molecule has 0 radical (unpaired) electrons. The Hall–Kier alpha value is -3.83. The second-order valence-corrected chi connectivity index (χ2v) is 10.5. The Kier molecular flexibility index (Phi) is 9.76. The van der Waals surface area contributed by atoms with E-state index in [9.17, 15) is 13.2 Å². The second-order valence-electron chi connectivity index (χ2n) is 8.25. The van der Waals surface area contributed by atoms with Gasteiger partial charge in [-0.15, -0.1) is 0 Å². The quantitative estimate of drug-likeness (QED) is 0.335. The average Bonchev–Trinajstić information content (AvgIpc) is 2.94. The minimum atomic E-state index is -4.31. The van der Waals surface area contributed by atoms with Crippen LogP contribution in [0.2, 0.25) is 5.02 Å². The Balaban J connectivity index is 2.00. The van der Waals surface area contributed by atoms with Crippen LogP contribution in [0, 0.1) is 0 Å². The van der Waals surface area contributed by atoms with Crippen LogP contribution >= 0.6 is 11.6 Å². The molecule has 1 amide bonds. The second kappa shape index (κ2) is 12.8. The van der Waals surface area contributed by atoms with E-state index < -0.39 is 28.5 Å². The molecule has 210 valence electrons. The Bertz CT molecular complexity index is 1430. The lowest BCUT2D eigenvalue weighted by Gasteiger charge is -2.27. The van der Waals surface area contributed by atoms with E-state index in [0.29, 0.717) is 17.2 Å². The van der Waals surface area contributed by atoms with Crippen LogP contribution < -0.4 is 33.3 Å². The van der Waals surface area contributed by atoms with Gasteiger partial charge in [0.25, 0.3) is 10.0 Å². The molecule has 0 saturated carbocycles. The van der Waals surface area contributed by atoms with Gasteiger partial charge in [-0.25, -0.2) is 8.42 Å². The van der Waals surface area contributed by atoms with Crippen molar-refractivity contribution in [2.24, 2.45) is 0 Å². The standard InChI is InChI=1S/C27H31ClN2O8S/c1-17(18-7-10-23(35-3)25(13-18)37-5)29-27(31)16-30(21-14-19(28)8-11-22(21)34-2)39(32,33)20-9-12-24(36-4)26(15-20)38-6/h7-15,17H,16H2,1-6H3,(H,29,31)/t17-/m1/s1. The molecule has 0 aromatic heterocycles. The van der Waals surface area contributed by atoms with Crippen LogP contribution in [0.1, 0.15) is 18.5 Å². The van der Waals surface area contributed by atoms with Gasteiger partial charge in [0.05, 0.1) is 52.2 Å². The highest BCUT2D eigenvalue weighted by Crippen LogP contribution is 2.37. The number of amides is 1. The number of sulfonamides is 1. The zero-order valence-electron chi connectivity index (χ0n) is 22.5. The molecule has 1 atom stereocenters. The highest BCUT2D eigenvalue weighted by Gasteiger charge is 2.31. The summed E-state index contributed by atoms with van der Waals surface area (Å²) >= 11 is 6.22.